The van der Waals surface area contributed by atoms with Crippen LogP contribution in [-0.2, 0) is 6.42 Å². The average Bonchev–Trinajstić information content (AvgIpc) is 2.55. The van der Waals surface area contributed by atoms with Crippen LogP contribution >= 0.6 is 0 Å². The Morgan fingerprint density at radius 1 is 1.35 bits per heavy atom. The summed E-state index contributed by atoms with van der Waals surface area (Å²) < 4.78 is 13.1. The van der Waals surface area contributed by atoms with Crippen LogP contribution in [0.3, 0.4) is 0 Å². The molecule has 1 aromatic heterocycles. The second-order valence-electron chi connectivity index (χ2n) is 5.79. The number of aliphatic hydroxyl groups excluding tert-OH is 1. The molecule has 1 atom stereocenters. The molecule has 1 saturated heterocycles. The zero-order valence-corrected chi connectivity index (χ0v) is 13.0. The predicted molar refractivity (Wildman–Crippen MR) is 88.1 cm³/mol. The predicted octanol–water partition coefficient (Wildman–Crippen LogP) is 2.23. The highest BCUT2D eigenvalue weighted by molar-refractivity contribution is 5.43. The van der Waals surface area contributed by atoms with Crippen molar-refractivity contribution in [2.45, 2.75) is 25.4 Å². The Hall–Kier alpha value is -2.21. The molecular formula is C17H21FN4O. The minimum absolute atomic E-state index is 0.218. The number of aromatic nitrogens is 2. The molecule has 5 nitrogen and oxygen atoms in total. The number of benzene rings is 1. The molecule has 23 heavy (non-hydrogen) atoms. The first-order valence-corrected chi connectivity index (χ1v) is 7.95. The lowest BCUT2D eigenvalue weighted by Crippen LogP contribution is -2.38. The molecule has 2 aromatic rings. The monoisotopic (exact) mass is 316 g/mol. The molecule has 2 N–H and O–H groups in total. The molecule has 0 aliphatic carbocycles. The number of aliphatic hydroxyl groups is 1. The highest BCUT2D eigenvalue weighted by Crippen LogP contribution is 2.18. The molecule has 0 spiro atoms. The van der Waals surface area contributed by atoms with Crippen molar-refractivity contribution in [3.63, 3.8) is 0 Å². The van der Waals surface area contributed by atoms with Crippen molar-refractivity contribution >= 4 is 11.8 Å². The van der Waals surface area contributed by atoms with Crippen molar-refractivity contribution in [2.24, 2.45) is 0 Å². The first-order chi connectivity index (χ1) is 11.2. The number of piperidine rings is 1. The van der Waals surface area contributed by atoms with E-state index in [1.54, 1.807) is 12.3 Å². The van der Waals surface area contributed by atoms with Gasteiger partial charge < -0.3 is 15.3 Å². The zero-order chi connectivity index (χ0) is 16.1. The van der Waals surface area contributed by atoms with E-state index in [0.717, 1.165) is 30.8 Å². The Morgan fingerprint density at radius 3 is 3.09 bits per heavy atom. The third kappa shape index (κ3) is 4.39. The third-order valence-electron chi connectivity index (χ3n) is 3.95. The van der Waals surface area contributed by atoms with Crippen molar-refractivity contribution in [1.82, 2.24) is 9.97 Å². The van der Waals surface area contributed by atoms with Gasteiger partial charge in [-0.2, -0.15) is 4.98 Å². The Labute approximate surface area is 135 Å². The van der Waals surface area contributed by atoms with Gasteiger partial charge in [0, 0.05) is 25.8 Å². The highest BCUT2D eigenvalue weighted by Gasteiger charge is 2.19. The maximum absolute atomic E-state index is 13.1. The lowest BCUT2D eigenvalue weighted by molar-refractivity contribution is 0.154. The summed E-state index contributed by atoms with van der Waals surface area (Å²) in [4.78, 5) is 10.8. The van der Waals surface area contributed by atoms with Crippen LogP contribution in [0.4, 0.5) is 16.2 Å². The second-order valence-corrected chi connectivity index (χ2v) is 5.79. The van der Waals surface area contributed by atoms with Crippen LogP contribution in [0.1, 0.15) is 18.4 Å². The Morgan fingerprint density at radius 2 is 2.26 bits per heavy atom. The summed E-state index contributed by atoms with van der Waals surface area (Å²) in [5.74, 6) is 1.16. The van der Waals surface area contributed by atoms with Crippen LogP contribution in [0, 0.1) is 5.82 Å². The second kappa shape index (κ2) is 7.37. The van der Waals surface area contributed by atoms with Crippen molar-refractivity contribution < 1.29 is 9.50 Å². The summed E-state index contributed by atoms with van der Waals surface area (Å²) in [7, 11) is 0. The highest BCUT2D eigenvalue weighted by atomic mass is 19.1. The van der Waals surface area contributed by atoms with Crippen LogP contribution in [0.5, 0.6) is 0 Å². The number of hydrogen-bond donors (Lipinski definition) is 2. The maximum Gasteiger partial charge on any atom is 0.224 e. The summed E-state index contributed by atoms with van der Waals surface area (Å²) in [5, 5.41) is 12.9. The molecule has 3 rings (SSSR count). The minimum Gasteiger partial charge on any atom is -0.391 e. The molecule has 1 aliphatic rings. The van der Waals surface area contributed by atoms with Gasteiger partial charge in [-0.1, -0.05) is 12.1 Å². The van der Waals surface area contributed by atoms with Crippen LogP contribution in [0.25, 0.3) is 0 Å². The normalized spacial score (nSPS) is 18.0. The van der Waals surface area contributed by atoms with E-state index in [0.29, 0.717) is 25.5 Å². The summed E-state index contributed by atoms with van der Waals surface area (Å²) in [6.45, 7) is 2.14. The smallest absolute Gasteiger partial charge is 0.224 e. The number of rotatable bonds is 5. The fourth-order valence-corrected chi connectivity index (χ4v) is 2.78. The SMILES string of the molecule is O[C@H]1CCCN(c2ccnc(NCCc3cccc(F)c3)n2)C1. The summed E-state index contributed by atoms with van der Waals surface area (Å²) in [6.07, 6.45) is 3.94. The fraction of sp³-hybridized carbons (Fsp3) is 0.412. The lowest BCUT2D eigenvalue weighted by atomic mass is 10.1. The van der Waals surface area contributed by atoms with Gasteiger partial charge in [-0.3, -0.25) is 0 Å². The van der Waals surface area contributed by atoms with E-state index in [2.05, 4.69) is 20.2 Å². The van der Waals surface area contributed by atoms with E-state index in [9.17, 15) is 9.50 Å². The van der Waals surface area contributed by atoms with Crippen LogP contribution < -0.4 is 10.2 Å². The number of halogens is 1. The van der Waals surface area contributed by atoms with Gasteiger partial charge in [0.25, 0.3) is 0 Å². The molecule has 2 heterocycles. The molecular weight excluding hydrogens is 295 g/mol. The summed E-state index contributed by atoms with van der Waals surface area (Å²) >= 11 is 0. The van der Waals surface area contributed by atoms with Gasteiger partial charge in [-0.15, -0.1) is 0 Å². The van der Waals surface area contributed by atoms with Crippen molar-refractivity contribution in [3.8, 4) is 0 Å². The van der Waals surface area contributed by atoms with Crippen LogP contribution in [0.2, 0.25) is 0 Å². The maximum atomic E-state index is 13.1. The minimum atomic E-state index is -0.289. The standard InChI is InChI=1S/C17H21FN4O/c18-14-4-1-3-13(11-14)6-8-19-17-20-9-7-16(21-17)22-10-2-5-15(23)12-22/h1,3-4,7,9,11,15,23H,2,5-6,8,10,12H2,(H,19,20,21)/t15-/m0/s1. The average molecular weight is 316 g/mol. The number of anilines is 2. The first-order valence-electron chi connectivity index (χ1n) is 7.95. The number of hydrogen-bond acceptors (Lipinski definition) is 5. The zero-order valence-electron chi connectivity index (χ0n) is 13.0. The fourth-order valence-electron chi connectivity index (χ4n) is 2.78. The lowest BCUT2D eigenvalue weighted by Gasteiger charge is -2.31. The van der Waals surface area contributed by atoms with Gasteiger partial charge in [-0.05, 0) is 43.0 Å². The quantitative estimate of drug-likeness (QED) is 0.886. The number of β-amino-alcohol motifs (C(OH)–C–C–N with tert-alkyl or cyclic N) is 1. The Bertz CT molecular complexity index is 652. The van der Waals surface area contributed by atoms with Gasteiger partial charge >= 0.3 is 0 Å². The Kier molecular flexibility index (Phi) is 5.02. The largest absolute Gasteiger partial charge is 0.391 e. The van der Waals surface area contributed by atoms with E-state index in [1.807, 2.05) is 12.1 Å². The van der Waals surface area contributed by atoms with Gasteiger partial charge in [0.15, 0.2) is 0 Å². The Balaban J connectivity index is 1.57. The topological polar surface area (TPSA) is 61.3 Å². The molecule has 0 saturated carbocycles. The van der Waals surface area contributed by atoms with Crippen LogP contribution in [-0.4, -0.2) is 40.8 Å². The molecule has 122 valence electrons. The molecule has 1 aromatic carbocycles. The molecule has 0 unspecified atom stereocenters. The third-order valence-corrected chi connectivity index (χ3v) is 3.95. The van der Waals surface area contributed by atoms with Crippen LogP contribution in [0.15, 0.2) is 36.5 Å². The van der Waals surface area contributed by atoms with Gasteiger partial charge in [-0.25, -0.2) is 9.37 Å². The van der Waals surface area contributed by atoms with E-state index in [-0.39, 0.29) is 11.9 Å². The van der Waals surface area contributed by atoms with E-state index < -0.39 is 0 Å². The molecule has 1 fully saturated rings. The first kappa shape index (κ1) is 15.7. The molecule has 6 heteroatoms. The van der Waals surface area contributed by atoms with Crippen molar-refractivity contribution in [2.75, 3.05) is 29.9 Å². The van der Waals surface area contributed by atoms with Gasteiger partial charge in [0.1, 0.15) is 11.6 Å². The van der Waals surface area contributed by atoms with Gasteiger partial charge in [0.05, 0.1) is 6.10 Å². The van der Waals surface area contributed by atoms with Crippen molar-refractivity contribution in [1.29, 1.82) is 0 Å². The van der Waals surface area contributed by atoms with Gasteiger partial charge in [0.2, 0.25) is 5.95 Å². The van der Waals surface area contributed by atoms with E-state index in [4.69, 9.17) is 0 Å². The molecule has 0 radical (unpaired) electrons. The number of nitrogens with one attached hydrogen (secondary N) is 1. The summed E-state index contributed by atoms with van der Waals surface area (Å²) in [6, 6.07) is 8.45. The molecule has 0 bridgehead atoms. The summed E-state index contributed by atoms with van der Waals surface area (Å²) in [5.41, 5.74) is 0.938. The molecule has 0 amide bonds. The van der Waals surface area contributed by atoms with E-state index >= 15 is 0 Å². The van der Waals surface area contributed by atoms with E-state index in [1.165, 1.54) is 12.1 Å². The van der Waals surface area contributed by atoms with Crippen molar-refractivity contribution in [3.05, 3.63) is 47.9 Å². The molecule has 1 aliphatic heterocycles. The number of nitrogens with zero attached hydrogens (tertiary/aromatic N) is 3.